The van der Waals surface area contributed by atoms with Crippen molar-refractivity contribution in [2.75, 3.05) is 37.0 Å². The van der Waals surface area contributed by atoms with Crippen molar-refractivity contribution < 1.29 is 9.94 Å². The molecule has 0 radical (unpaired) electrons. The SMILES string of the molecule is Nc1nc(-c2cc(N3CCCO3)ccc2O)cn(C2CCCNC2)c1=O. The molecule has 1 atom stereocenters. The summed E-state index contributed by atoms with van der Waals surface area (Å²) in [5.41, 5.74) is 7.45. The molecular formula is C18H23N5O3. The Labute approximate surface area is 151 Å². The lowest BCUT2D eigenvalue weighted by Gasteiger charge is -2.25. The first-order valence-corrected chi connectivity index (χ1v) is 8.97. The molecule has 2 saturated heterocycles. The summed E-state index contributed by atoms with van der Waals surface area (Å²) in [5.74, 6) is 0.0297. The first-order valence-electron chi connectivity index (χ1n) is 8.97. The van der Waals surface area contributed by atoms with Crippen LogP contribution in [-0.4, -0.2) is 40.9 Å². The zero-order valence-corrected chi connectivity index (χ0v) is 14.5. The van der Waals surface area contributed by atoms with Gasteiger partial charge < -0.3 is 20.7 Å². The van der Waals surface area contributed by atoms with Gasteiger partial charge in [0.1, 0.15) is 5.75 Å². The molecule has 138 valence electrons. The number of nitrogens with two attached hydrogens (primary N) is 1. The van der Waals surface area contributed by atoms with Crippen LogP contribution in [0.4, 0.5) is 11.5 Å². The summed E-state index contributed by atoms with van der Waals surface area (Å²) in [5, 5.41) is 15.5. The topological polar surface area (TPSA) is 106 Å². The van der Waals surface area contributed by atoms with Crippen LogP contribution in [0.25, 0.3) is 11.3 Å². The zero-order chi connectivity index (χ0) is 18.1. The fourth-order valence-corrected chi connectivity index (χ4v) is 3.54. The number of hydrogen-bond acceptors (Lipinski definition) is 7. The van der Waals surface area contributed by atoms with Gasteiger partial charge in [0.05, 0.1) is 18.0 Å². The Balaban J connectivity index is 1.76. The van der Waals surface area contributed by atoms with E-state index < -0.39 is 0 Å². The van der Waals surface area contributed by atoms with Crippen molar-refractivity contribution in [2.45, 2.75) is 25.3 Å². The first kappa shape index (κ1) is 16.9. The van der Waals surface area contributed by atoms with Gasteiger partial charge in [-0.1, -0.05) is 0 Å². The number of aromatic hydroxyl groups is 1. The third kappa shape index (κ3) is 3.13. The molecule has 8 heteroatoms. The average molecular weight is 357 g/mol. The molecule has 0 amide bonds. The Morgan fingerprint density at radius 1 is 1.35 bits per heavy atom. The number of anilines is 2. The van der Waals surface area contributed by atoms with Crippen molar-refractivity contribution in [3.63, 3.8) is 0 Å². The van der Waals surface area contributed by atoms with E-state index in [1.54, 1.807) is 28.0 Å². The van der Waals surface area contributed by atoms with Gasteiger partial charge in [0.25, 0.3) is 5.56 Å². The number of piperidine rings is 1. The van der Waals surface area contributed by atoms with Crippen molar-refractivity contribution in [2.24, 2.45) is 0 Å². The number of hydroxylamine groups is 1. The van der Waals surface area contributed by atoms with Gasteiger partial charge in [-0.2, -0.15) is 0 Å². The Hall–Kier alpha value is -2.58. The van der Waals surface area contributed by atoms with Crippen LogP contribution in [0.2, 0.25) is 0 Å². The third-order valence-corrected chi connectivity index (χ3v) is 4.92. The lowest BCUT2D eigenvalue weighted by Crippen LogP contribution is -2.37. The van der Waals surface area contributed by atoms with E-state index >= 15 is 0 Å². The minimum Gasteiger partial charge on any atom is -0.507 e. The zero-order valence-electron chi connectivity index (χ0n) is 14.5. The molecule has 26 heavy (non-hydrogen) atoms. The molecule has 4 rings (SSSR count). The molecule has 2 aliphatic rings. The van der Waals surface area contributed by atoms with Crippen LogP contribution >= 0.6 is 0 Å². The van der Waals surface area contributed by atoms with E-state index in [-0.39, 0.29) is 23.2 Å². The number of aromatic nitrogens is 2. The number of rotatable bonds is 3. The highest BCUT2D eigenvalue weighted by molar-refractivity contribution is 5.72. The maximum atomic E-state index is 12.5. The minimum atomic E-state index is -0.291. The fourth-order valence-electron chi connectivity index (χ4n) is 3.54. The molecule has 8 nitrogen and oxygen atoms in total. The largest absolute Gasteiger partial charge is 0.507 e. The Morgan fingerprint density at radius 3 is 2.96 bits per heavy atom. The third-order valence-electron chi connectivity index (χ3n) is 4.92. The Kier molecular flexibility index (Phi) is 4.52. The quantitative estimate of drug-likeness (QED) is 0.759. The number of nitrogen functional groups attached to an aromatic ring is 1. The van der Waals surface area contributed by atoms with Crippen LogP contribution in [0, 0.1) is 0 Å². The molecule has 1 aromatic heterocycles. The van der Waals surface area contributed by atoms with E-state index in [1.807, 2.05) is 6.07 Å². The van der Waals surface area contributed by atoms with Gasteiger partial charge >= 0.3 is 0 Å². The summed E-state index contributed by atoms with van der Waals surface area (Å²) in [6, 6.07) is 5.26. The summed E-state index contributed by atoms with van der Waals surface area (Å²) < 4.78 is 1.64. The van der Waals surface area contributed by atoms with E-state index in [0.29, 0.717) is 17.9 Å². The Morgan fingerprint density at radius 2 is 2.23 bits per heavy atom. The van der Waals surface area contributed by atoms with Crippen molar-refractivity contribution in [1.82, 2.24) is 14.9 Å². The van der Waals surface area contributed by atoms with Crippen molar-refractivity contribution in [3.8, 4) is 17.0 Å². The molecule has 2 fully saturated rings. The highest BCUT2D eigenvalue weighted by Gasteiger charge is 2.21. The second-order valence-electron chi connectivity index (χ2n) is 6.71. The molecule has 0 aliphatic carbocycles. The van der Waals surface area contributed by atoms with Gasteiger partial charge in [0.2, 0.25) is 0 Å². The number of nitrogens with one attached hydrogen (secondary N) is 1. The maximum Gasteiger partial charge on any atom is 0.293 e. The van der Waals surface area contributed by atoms with E-state index in [4.69, 9.17) is 10.6 Å². The number of benzene rings is 1. The molecule has 0 saturated carbocycles. The predicted molar refractivity (Wildman–Crippen MR) is 99.1 cm³/mol. The average Bonchev–Trinajstić information content (AvgIpc) is 3.20. The Bertz CT molecular complexity index is 854. The number of nitrogens with zero attached hydrogens (tertiary/aromatic N) is 3. The lowest BCUT2D eigenvalue weighted by molar-refractivity contribution is 0.168. The second-order valence-corrected chi connectivity index (χ2v) is 6.71. The number of phenolic OH excluding ortho intramolecular Hbond substituents is 1. The summed E-state index contributed by atoms with van der Waals surface area (Å²) >= 11 is 0. The molecule has 2 aromatic rings. The smallest absolute Gasteiger partial charge is 0.293 e. The fraction of sp³-hybridized carbons (Fsp3) is 0.444. The van der Waals surface area contributed by atoms with Crippen LogP contribution in [0.1, 0.15) is 25.3 Å². The molecule has 2 aliphatic heterocycles. The molecule has 4 N–H and O–H groups in total. The normalized spacial score (nSPS) is 20.5. The van der Waals surface area contributed by atoms with E-state index in [0.717, 1.165) is 44.6 Å². The summed E-state index contributed by atoms with van der Waals surface area (Å²) in [4.78, 5) is 22.3. The molecule has 3 heterocycles. The minimum absolute atomic E-state index is 0.0348. The van der Waals surface area contributed by atoms with Crippen LogP contribution in [0.15, 0.2) is 29.2 Å². The summed E-state index contributed by atoms with van der Waals surface area (Å²) in [6.45, 7) is 3.15. The monoisotopic (exact) mass is 357 g/mol. The molecular weight excluding hydrogens is 334 g/mol. The van der Waals surface area contributed by atoms with Crippen LogP contribution in [0.5, 0.6) is 5.75 Å². The van der Waals surface area contributed by atoms with Gasteiger partial charge in [-0.25, -0.2) is 4.98 Å². The second kappa shape index (κ2) is 6.97. The van der Waals surface area contributed by atoms with Gasteiger partial charge in [-0.3, -0.25) is 14.7 Å². The van der Waals surface area contributed by atoms with Crippen molar-refractivity contribution in [1.29, 1.82) is 0 Å². The first-order chi connectivity index (χ1) is 12.6. The molecule has 0 bridgehead atoms. The summed E-state index contributed by atoms with van der Waals surface area (Å²) in [6.07, 6.45) is 4.56. The van der Waals surface area contributed by atoms with Crippen LogP contribution < -0.4 is 21.7 Å². The highest BCUT2D eigenvalue weighted by atomic mass is 16.7. The predicted octanol–water partition coefficient (Wildman–Crippen LogP) is 1.26. The summed E-state index contributed by atoms with van der Waals surface area (Å²) in [7, 11) is 0. The number of phenols is 1. The van der Waals surface area contributed by atoms with Gasteiger partial charge in [-0.05, 0) is 44.0 Å². The highest BCUT2D eigenvalue weighted by Crippen LogP contribution is 2.33. The maximum absolute atomic E-state index is 12.5. The number of hydrogen-bond donors (Lipinski definition) is 3. The molecule has 1 unspecified atom stereocenters. The molecule has 0 spiro atoms. The van der Waals surface area contributed by atoms with Gasteiger partial charge in [-0.15, -0.1) is 0 Å². The lowest BCUT2D eigenvalue weighted by atomic mass is 10.1. The van der Waals surface area contributed by atoms with Gasteiger partial charge in [0.15, 0.2) is 5.82 Å². The van der Waals surface area contributed by atoms with Crippen molar-refractivity contribution in [3.05, 3.63) is 34.7 Å². The van der Waals surface area contributed by atoms with E-state index in [2.05, 4.69) is 10.3 Å². The van der Waals surface area contributed by atoms with Crippen molar-refractivity contribution >= 4 is 11.5 Å². The van der Waals surface area contributed by atoms with Crippen LogP contribution in [0.3, 0.4) is 0 Å². The van der Waals surface area contributed by atoms with E-state index in [1.165, 1.54) is 0 Å². The van der Waals surface area contributed by atoms with E-state index in [9.17, 15) is 9.90 Å². The standard InChI is InChI=1S/C18H23N5O3/c19-17-18(25)22(13-3-1-6-20-10-13)11-15(21-17)14-9-12(4-5-16(14)24)23-7-2-8-26-23/h4-5,9,11,13,20,24H,1-3,6-8,10H2,(H2,19,21). The van der Waals surface area contributed by atoms with Gasteiger partial charge in [0, 0.05) is 30.9 Å². The molecule has 1 aromatic carbocycles. The van der Waals surface area contributed by atoms with Crippen LogP contribution in [-0.2, 0) is 4.84 Å².